The van der Waals surface area contributed by atoms with Gasteiger partial charge in [-0.05, 0) is 13.1 Å². The molecule has 1 rings (SSSR count). The summed E-state index contributed by atoms with van der Waals surface area (Å²) in [6.45, 7) is 1.01. The molecule has 1 N–H and O–H groups in total. The zero-order valence-electron chi connectivity index (χ0n) is 8.20. The molecule has 1 aromatic rings. The number of nitro groups is 1. The van der Waals surface area contributed by atoms with Crippen LogP contribution in [0.25, 0.3) is 0 Å². The van der Waals surface area contributed by atoms with Crippen LogP contribution in [0.3, 0.4) is 0 Å². The lowest BCUT2D eigenvalue weighted by Gasteiger charge is -2.05. The fourth-order valence-electron chi connectivity index (χ4n) is 0.996. The maximum atomic E-state index is 13.1. The molecule has 0 aromatic heterocycles. The molecule has 0 saturated carbocycles. The van der Waals surface area contributed by atoms with Gasteiger partial charge in [-0.1, -0.05) is 0 Å². The fourth-order valence-corrected chi connectivity index (χ4v) is 0.996. The van der Waals surface area contributed by atoms with Gasteiger partial charge in [0.25, 0.3) is 0 Å². The van der Waals surface area contributed by atoms with Crippen molar-refractivity contribution in [1.29, 1.82) is 0 Å². The number of likely N-dealkylation sites (N-methyl/N-ethyl adjacent to an activating group) is 1. The van der Waals surface area contributed by atoms with E-state index in [1.165, 1.54) is 6.07 Å². The van der Waals surface area contributed by atoms with Crippen molar-refractivity contribution in [3.63, 3.8) is 0 Å². The molecular weight excluding hydrogens is 203 g/mol. The van der Waals surface area contributed by atoms with Gasteiger partial charge in [0.05, 0.1) is 4.92 Å². The topological polar surface area (TPSA) is 64.4 Å². The minimum Gasteiger partial charge on any atom is -0.492 e. The summed E-state index contributed by atoms with van der Waals surface area (Å²) in [5, 5.41) is 13.2. The Hall–Kier alpha value is -1.69. The second kappa shape index (κ2) is 5.26. The second-order valence-corrected chi connectivity index (χ2v) is 2.82. The Kier molecular flexibility index (Phi) is 3.99. The van der Waals surface area contributed by atoms with Crippen molar-refractivity contribution in [2.45, 2.75) is 0 Å². The highest BCUT2D eigenvalue weighted by Crippen LogP contribution is 2.21. The smallest absolute Gasteiger partial charge is 0.305 e. The Morgan fingerprint density at radius 3 is 2.87 bits per heavy atom. The third-order valence-electron chi connectivity index (χ3n) is 1.74. The first-order valence-corrected chi connectivity index (χ1v) is 4.36. The lowest BCUT2D eigenvalue weighted by molar-refractivity contribution is -0.387. The standard InChI is InChI=1S/C9H11FN2O3/c1-11-4-5-15-7-2-3-9(12(13)14)8(10)6-7/h2-3,6,11H,4-5H2,1H3. The Morgan fingerprint density at radius 2 is 2.33 bits per heavy atom. The van der Waals surface area contributed by atoms with Gasteiger partial charge in [-0.15, -0.1) is 0 Å². The molecule has 0 amide bonds. The number of rotatable bonds is 5. The number of halogens is 1. The van der Waals surface area contributed by atoms with E-state index in [9.17, 15) is 14.5 Å². The van der Waals surface area contributed by atoms with Crippen LogP contribution in [0.15, 0.2) is 18.2 Å². The summed E-state index contributed by atoms with van der Waals surface area (Å²) in [7, 11) is 1.76. The number of nitrogens with one attached hydrogen (secondary N) is 1. The molecule has 0 radical (unpaired) electrons. The summed E-state index contributed by atoms with van der Waals surface area (Å²) in [4.78, 5) is 9.54. The molecule has 5 nitrogen and oxygen atoms in total. The van der Waals surface area contributed by atoms with Crippen LogP contribution >= 0.6 is 0 Å². The van der Waals surface area contributed by atoms with Crippen LogP contribution in [0.1, 0.15) is 0 Å². The van der Waals surface area contributed by atoms with Gasteiger partial charge in [-0.2, -0.15) is 4.39 Å². The van der Waals surface area contributed by atoms with Gasteiger partial charge in [0.15, 0.2) is 0 Å². The van der Waals surface area contributed by atoms with Gasteiger partial charge in [0, 0.05) is 18.7 Å². The van der Waals surface area contributed by atoms with Crippen LogP contribution in [0.4, 0.5) is 10.1 Å². The third kappa shape index (κ3) is 3.17. The van der Waals surface area contributed by atoms with Crippen molar-refractivity contribution in [3.8, 4) is 5.75 Å². The number of nitrogens with zero attached hydrogens (tertiary/aromatic N) is 1. The first kappa shape index (κ1) is 11.4. The maximum absolute atomic E-state index is 13.1. The third-order valence-corrected chi connectivity index (χ3v) is 1.74. The maximum Gasteiger partial charge on any atom is 0.305 e. The summed E-state index contributed by atoms with van der Waals surface area (Å²) in [5.41, 5.74) is -0.545. The fraction of sp³-hybridized carbons (Fsp3) is 0.333. The molecule has 0 heterocycles. The average Bonchev–Trinajstić information content (AvgIpc) is 2.17. The summed E-state index contributed by atoms with van der Waals surface area (Å²) in [6, 6.07) is 3.47. The van der Waals surface area contributed by atoms with Crippen LogP contribution < -0.4 is 10.1 Å². The van der Waals surface area contributed by atoms with Gasteiger partial charge >= 0.3 is 5.69 Å². The minimum atomic E-state index is -0.887. The zero-order valence-corrected chi connectivity index (χ0v) is 8.20. The normalized spacial score (nSPS) is 10.0. The second-order valence-electron chi connectivity index (χ2n) is 2.82. The van der Waals surface area contributed by atoms with Gasteiger partial charge in [0.2, 0.25) is 5.82 Å². The van der Waals surface area contributed by atoms with Crippen LogP contribution in [-0.2, 0) is 0 Å². The largest absolute Gasteiger partial charge is 0.492 e. The number of nitro benzene ring substituents is 1. The number of hydrogen-bond acceptors (Lipinski definition) is 4. The predicted octanol–water partition coefficient (Wildman–Crippen LogP) is 1.33. The van der Waals surface area contributed by atoms with E-state index in [2.05, 4.69) is 5.32 Å². The molecule has 0 aliphatic rings. The highest BCUT2D eigenvalue weighted by atomic mass is 19.1. The number of benzene rings is 1. The van der Waals surface area contributed by atoms with Crippen molar-refractivity contribution in [2.24, 2.45) is 0 Å². The van der Waals surface area contributed by atoms with E-state index in [1.54, 1.807) is 7.05 Å². The van der Waals surface area contributed by atoms with E-state index < -0.39 is 16.4 Å². The molecule has 82 valence electrons. The Bertz CT molecular complexity index is 357. The van der Waals surface area contributed by atoms with Crippen LogP contribution in [0.2, 0.25) is 0 Å². The van der Waals surface area contributed by atoms with E-state index in [4.69, 9.17) is 4.74 Å². The molecule has 0 atom stereocenters. The van der Waals surface area contributed by atoms with Gasteiger partial charge in [-0.25, -0.2) is 0 Å². The molecule has 0 aliphatic carbocycles. The van der Waals surface area contributed by atoms with Crippen molar-refractivity contribution >= 4 is 5.69 Å². The first-order valence-electron chi connectivity index (χ1n) is 4.36. The molecule has 0 fully saturated rings. The summed E-state index contributed by atoms with van der Waals surface area (Å²) >= 11 is 0. The lowest BCUT2D eigenvalue weighted by Crippen LogP contribution is -2.15. The van der Waals surface area contributed by atoms with Crippen molar-refractivity contribution in [2.75, 3.05) is 20.2 Å². The molecule has 15 heavy (non-hydrogen) atoms. The van der Waals surface area contributed by atoms with Crippen molar-refractivity contribution in [3.05, 3.63) is 34.1 Å². The lowest BCUT2D eigenvalue weighted by atomic mass is 10.3. The van der Waals surface area contributed by atoms with E-state index in [0.717, 1.165) is 12.1 Å². The summed E-state index contributed by atoms with van der Waals surface area (Å²) in [6.07, 6.45) is 0. The van der Waals surface area contributed by atoms with Crippen molar-refractivity contribution < 1.29 is 14.1 Å². The quantitative estimate of drug-likeness (QED) is 0.456. The van der Waals surface area contributed by atoms with Gasteiger partial charge < -0.3 is 10.1 Å². The Balaban J connectivity index is 2.69. The van der Waals surface area contributed by atoms with E-state index in [0.29, 0.717) is 13.2 Å². The number of ether oxygens (including phenoxy) is 1. The first-order chi connectivity index (χ1) is 7.15. The predicted molar refractivity (Wildman–Crippen MR) is 52.5 cm³/mol. The average molecular weight is 214 g/mol. The van der Waals surface area contributed by atoms with Crippen LogP contribution in [-0.4, -0.2) is 25.1 Å². The van der Waals surface area contributed by atoms with Gasteiger partial charge in [0.1, 0.15) is 12.4 Å². The van der Waals surface area contributed by atoms with E-state index >= 15 is 0 Å². The number of hydrogen-bond donors (Lipinski definition) is 1. The van der Waals surface area contributed by atoms with Crippen LogP contribution in [0.5, 0.6) is 5.75 Å². The summed E-state index contributed by atoms with van der Waals surface area (Å²) < 4.78 is 18.2. The zero-order chi connectivity index (χ0) is 11.3. The highest BCUT2D eigenvalue weighted by molar-refractivity contribution is 5.37. The Morgan fingerprint density at radius 1 is 1.60 bits per heavy atom. The molecule has 1 aromatic carbocycles. The molecule has 0 saturated heterocycles. The van der Waals surface area contributed by atoms with E-state index in [1.807, 2.05) is 0 Å². The molecule has 0 bridgehead atoms. The molecule has 0 aliphatic heterocycles. The van der Waals surface area contributed by atoms with Crippen LogP contribution in [0, 0.1) is 15.9 Å². The van der Waals surface area contributed by atoms with Gasteiger partial charge in [-0.3, -0.25) is 10.1 Å². The summed E-state index contributed by atoms with van der Waals surface area (Å²) in [5.74, 6) is -0.602. The van der Waals surface area contributed by atoms with E-state index in [-0.39, 0.29) is 5.75 Å². The Labute approximate surface area is 86.0 Å². The molecule has 0 unspecified atom stereocenters. The molecular formula is C9H11FN2O3. The monoisotopic (exact) mass is 214 g/mol. The molecule has 0 spiro atoms. The highest BCUT2D eigenvalue weighted by Gasteiger charge is 2.13. The molecule has 6 heteroatoms. The van der Waals surface area contributed by atoms with Crippen molar-refractivity contribution in [1.82, 2.24) is 5.32 Å². The SMILES string of the molecule is CNCCOc1ccc([N+](=O)[O-])c(F)c1. The minimum absolute atomic E-state index is 0.286.